The number of aliphatic hydroxyl groups is 2. The number of rotatable bonds is 18. The van der Waals surface area contributed by atoms with Gasteiger partial charge in [0.2, 0.25) is 0 Å². The van der Waals surface area contributed by atoms with Crippen LogP contribution in [0.3, 0.4) is 0 Å². The smallest absolute Gasteiger partial charge is 0.550 e. The van der Waals surface area contributed by atoms with Crippen LogP contribution in [0.1, 0.15) is 130 Å². The van der Waals surface area contributed by atoms with Crippen molar-refractivity contribution in [2.24, 2.45) is 0 Å². The van der Waals surface area contributed by atoms with E-state index in [4.69, 9.17) is 10.2 Å². The van der Waals surface area contributed by atoms with Gasteiger partial charge in [0.05, 0.1) is 0 Å². The number of carbonyl (C=O) groups is 4. The SMILES string of the molecule is CCCCCCCC(=O)CC(=O)[O-].CCCCCCCC(=O)CC(=O)[O-].CCCO.CCCO.[Ti+2]. The van der Waals surface area contributed by atoms with Crippen LogP contribution in [0, 0.1) is 0 Å². The Morgan fingerprint density at radius 1 is 0.514 bits per heavy atom. The molecule has 35 heavy (non-hydrogen) atoms. The van der Waals surface area contributed by atoms with Crippen molar-refractivity contribution in [3.05, 3.63) is 0 Å². The maximum Gasteiger partial charge on any atom is 2.00 e. The number of unbranched alkanes of at least 4 members (excludes halogenated alkanes) is 8. The predicted octanol–water partition coefficient (Wildman–Crippen LogP) is 2.89. The minimum Gasteiger partial charge on any atom is -0.550 e. The minimum absolute atomic E-state index is 0. The number of hydrogen-bond donors (Lipinski definition) is 2. The van der Waals surface area contributed by atoms with Gasteiger partial charge in [0.15, 0.2) is 0 Å². The van der Waals surface area contributed by atoms with Crippen molar-refractivity contribution in [1.82, 2.24) is 0 Å². The summed E-state index contributed by atoms with van der Waals surface area (Å²) in [6, 6.07) is 0. The molecule has 0 rings (SSSR count). The second-order valence-corrected chi connectivity index (χ2v) is 7.95. The summed E-state index contributed by atoms with van der Waals surface area (Å²) in [6.07, 6.45) is 12.3. The molecule has 0 saturated heterocycles. The van der Waals surface area contributed by atoms with E-state index in [9.17, 15) is 29.4 Å². The summed E-state index contributed by atoms with van der Waals surface area (Å²) in [4.78, 5) is 41.8. The zero-order valence-corrected chi connectivity index (χ0v) is 24.1. The van der Waals surface area contributed by atoms with Gasteiger partial charge in [-0.25, -0.2) is 0 Å². The van der Waals surface area contributed by atoms with E-state index in [1.165, 1.54) is 25.7 Å². The number of carbonyl (C=O) groups excluding carboxylic acids is 4. The molecule has 9 heteroatoms. The van der Waals surface area contributed by atoms with Gasteiger partial charge in [-0.05, 0) is 25.7 Å². The summed E-state index contributed by atoms with van der Waals surface area (Å²) in [5.74, 6) is -2.95. The molecular weight excluding hydrogens is 488 g/mol. The molecule has 0 heterocycles. The van der Waals surface area contributed by atoms with Gasteiger partial charge in [0, 0.05) is 50.8 Å². The molecule has 0 aliphatic heterocycles. The van der Waals surface area contributed by atoms with E-state index in [1.54, 1.807) is 0 Å². The van der Waals surface area contributed by atoms with Crippen molar-refractivity contribution in [3.8, 4) is 0 Å². The number of carboxylic acid groups (broad SMARTS) is 2. The Balaban J connectivity index is -0.000000128. The van der Waals surface area contributed by atoms with Crippen molar-refractivity contribution in [2.45, 2.75) is 130 Å². The van der Waals surface area contributed by atoms with Crippen molar-refractivity contribution >= 4 is 23.5 Å². The second-order valence-electron chi connectivity index (χ2n) is 7.95. The molecule has 0 aromatic carbocycles. The van der Waals surface area contributed by atoms with E-state index >= 15 is 0 Å². The molecule has 0 aromatic rings. The summed E-state index contributed by atoms with van der Waals surface area (Å²) in [7, 11) is 0. The molecule has 8 nitrogen and oxygen atoms in total. The van der Waals surface area contributed by atoms with E-state index in [1.807, 2.05) is 13.8 Å². The number of aliphatic carboxylic acids is 2. The fourth-order valence-electron chi connectivity index (χ4n) is 2.35. The topological polar surface area (TPSA) is 155 Å². The molecular formula is C26H50O8Ti. The molecule has 2 N–H and O–H groups in total. The number of ketones is 2. The first-order valence-electron chi connectivity index (χ1n) is 12.8. The fourth-order valence-corrected chi connectivity index (χ4v) is 2.35. The fraction of sp³-hybridized carbons (Fsp3) is 0.846. The average Bonchev–Trinajstić information content (AvgIpc) is 2.78. The van der Waals surface area contributed by atoms with Crippen LogP contribution in [0.25, 0.3) is 0 Å². The summed E-state index contributed by atoms with van der Waals surface area (Å²) in [5, 5.41) is 35.8. The largest absolute Gasteiger partial charge is 2.00 e. The number of Topliss-reactive ketones (excluding diaryl/α,β-unsaturated/α-hetero) is 2. The molecule has 0 spiro atoms. The molecule has 206 valence electrons. The van der Waals surface area contributed by atoms with Gasteiger partial charge in [0.1, 0.15) is 11.6 Å². The Hall–Kier alpha value is -1.09. The van der Waals surface area contributed by atoms with Crippen LogP contribution in [-0.2, 0) is 40.9 Å². The van der Waals surface area contributed by atoms with E-state index in [-0.39, 0.29) is 33.3 Å². The minimum atomic E-state index is -1.27. The molecule has 0 aliphatic rings. The van der Waals surface area contributed by atoms with Crippen LogP contribution in [-0.4, -0.2) is 46.9 Å². The molecule has 0 atom stereocenters. The quantitative estimate of drug-likeness (QED) is 0.153. The normalized spacial score (nSPS) is 9.09. The Morgan fingerprint density at radius 2 is 0.771 bits per heavy atom. The summed E-state index contributed by atoms with van der Waals surface area (Å²) in [6.45, 7) is 8.75. The Labute approximate surface area is 228 Å². The van der Waals surface area contributed by atoms with Crippen molar-refractivity contribution in [2.75, 3.05) is 13.2 Å². The number of aliphatic hydroxyl groups excluding tert-OH is 2. The second kappa shape index (κ2) is 40.1. The van der Waals surface area contributed by atoms with Crippen molar-refractivity contribution in [3.63, 3.8) is 0 Å². The van der Waals surface area contributed by atoms with Crippen molar-refractivity contribution < 1.29 is 61.3 Å². The number of carboxylic acids is 2. The Morgan fingerprint density at radius 3 is 0.971 bits per heavy atom. The van der Waals surface area contributed by atoms with Gasteiger partial charge in [-0.2, -0.15) is 0 Å². The zero-order valence-electron chi connectivity index (χ0n) is 22.6. The van der Waals surface area contributed by atoms with E-state index in [0.717, 1.165) is 51.4 Å². The molecule has 0 amide bonds. The molecule has 0 aliphatic carbocycles. The monoisotopic (exact) mass is 538 g/mol. The predicted molar refractivity (Wildman–Crippen MR) is 131 cm³/mol. The molecule has 0 unspecified atom stereocenters. The Kier molecular flexibility index (Phi) is 50.3. The molecule has 0 radical (unpaired) electrons. The molecule has 0 aromatic heterocycles. The average molecular weight is 539 g/mol. The Bertz CT molecular complexity index is 424. The van der Waals surface area contributed by atoms with Crippen molar-refractivity contribution in [1.29, 1.82) is 0 Å². The first-order chi connectivity index (χ1) is 16.2. The molecule has 0 saturated carbocycles. The summed E-state index contributed by atoms with van der Waals surface area (Å²) in [5.41, 5.74) is 0. The maximum atomic E-state index is 10.9. The van der Waals surface area contributed by atoms with Crippen LogP contribution < -0.4 is 10.2 Å². The first kappa shape index (κ1) is 43.9. The standard InChI is InChI=1S/2C10H18O3.2C3H8O.Ti/c2*1-2-3-4-5-6-7-9(11)8-10(12)13;2*1-2-3-4;/h2*2-8H2,1H3,(H,12,13);2*4H,2-3H2,1H3;/q;;;;+2/p-2. The van der Waals surface area contributed by atoms with E-state index < -0.39 is 24.8 Å². The van der Waals surface area contributed by atoms with Gasteiger partial charge >= 0.3 is 21.7 Å². The summed E-state index contributed by atoms with van der Waals surface area (Å²) >= 11 is 0. The molecule has 0 bridgehead atoms. The van der Waals surface area contributed by atoms with E-state index in [0.29, 0.717) is 26.1 Å². The van der Waals surface area contributed by atoms with Crippen LogP contribution in [0.2, 0.25) is 0 Å². The van der Waals surface area contributed by atoms with Gasteiger partial charge in [0.25, 0.3) is 0 Å². The third-order valence-corrected chi connectivity index (χ3v) is 4.25. The van der Waals surface area contributed by atoms with Crippen LogP contribution >= 0.6 is 0 Å². The van der Waals surface area contributed by atoms with Crippen LogP contribution in [0.15, 0.2) is 0 Å². The van der Waals surface area contributed by atoms with Gasteiger partial charge in [-0.15, -0.1) is 0 Å². The van der Waals surface area contributed by atoms with Gasteiger partial charge < -0.3 is 30.0 Å². The van der Waals surface area contributed by atoms with E-state index in [2.05, 4.69) is 13.8 Å². The first-order valence-corrected chi connectivity index (χ1v) is 12.8. The number of hydrogen-bond acceptors (Lipinski definition) is 8. The maximum absolute atomic E-state index is 10.9. The third-order valence-electron chi connectivity index (χ3n) is 4.25. The third kappa shape index (κ3) is 59.9. The molecule has 0 fully saturated rings. The summed E-state index contributed by atoms with van der Waals surface area (Å²) < 4.78 is 0. The van der Waals surface area contributed by atoms with Crippen LogP contribution in [0.4, 0.5) is 0 Å². The van der Waals surface area contributed by atoms with Crippen LogP contribution in [0.5, 0.6) is 0 Å². The van der Waals surface area contributed by atoms with Gasteiger partial charge in [-0.3, -0.25) is 9.59 Å². The van der Waals surface area contributed by atoms with Gasteiger partial charge in [-0.1, -0.05) is 79.1 Å². The zero-order chi connectivity index (χ0) is 27.0.